The van der Waals surface area contributed by atoms with Gasteiger partial charge in [0, 0.05) is 6.04 Å². The number of unbranched alkanes of at least 4 members (excludes halogenated alkanes) is 4. The topological polar surface area (TPSA) is 38.3 Å². The van der Waals surface area contributed by atoms with Crippen LogP contribution in [0.2, 0.25) is 0 Å². The molecule has 124 valence electrons. The predicted molar refractivity (Wildman–Crippen MR) is 88.5 cm³/mol. The van der Waals surface area contributed by atoms with Crippen molar-refractivity contribution in [2.24, 2.45) is 5.92 Å². The molecule has 1 fully saturated rings. The minimum Gasteiger partial charge on any atom is -0.444 e. The van der Waals surface area contributed by atoms with Crippen molar-refractivity contribution in [3.8, 4) is 0 Å². The van der Waals surface area contributed by atoms with E-state index in [2.05, 4.69) is 12.2 Å². The third-order valence-electron chi connectivity index (χ3n) is 4.28. The van der Waals surface area contributed by atoms with Crippen molar-refractivity contribution in [2.75, 3.05) is 0 Å². The van der Waals surface area contributed by atoms with Crippen LogP contribution in [0.5, 0.6) is 0 Å². The molecular weight excluding hydrogens is 262 g/mol. The molecule has 3 nitrogen and oxygen atoms in total. The maximum absolute atomic E-state index is 11.7. The van der Waals surface area contributed by atoms with Crippen molar-refractivity contribution in [2.45, 2.75) is 104 Å². The third-order valence-corrected chi connectivity index (χ3v) is 4.28. The molecule has 21 heavy (non-hydrogen) atoms. The second-order valence-electron chi connectivity index (χ2n) is 7.57. The lowest BCUT2D eigenvalue weighted by Crippen LogP contribution is -2.40. The molecule has 1 amide bonds. The second kappa shape index (κ2) is 9.32. The summed E-state index contributed by atoms with van der Waals surface area (Å²) in [6, 6.07) is 0.316. The van der Waals surface area contributed by atoms with Gasteiger partial charge < -0.3 is 10.1 Å². The Hall–Kier alpha value is -0.730. The molecule has 0 aromatic carbocycles. The van der Waals surface area contributed by atoms with E-state index >= 15 is 0 Å². The SMILES string of the molecule is CCCCCCCC1CCC(NC(=O)OC(C)(C)C)CC1. The molecule has 1 rings (SSSR count). The number of rotatable bonds is 7. The number of ether oxygens (including phenoxy) is 1. The number of nitrogens with one attached hydrogen (secondary N) is 1. The molecule has 0 aliphatic heterocycles. The van der Waals surface area contributed by atoms with Crippen molar-refractivity contribution >= 4 is 6.09 Å². The Balaban J connectivity index is 2.10. The van der Waals surface area contributed by atoms with Gasteiger partial charge in [0.05, 0.1) is 0 Å². The fraction of sp³-hybridized carbons (Fsp3) is 0.944. The van der Waals surface area contributed by atoms with Crippen LogP contribution in [0.15, 0.2) is 0 Å². The fourth-order valence-corrected chi connectivity index (χ4v) is 3.11. The van der Waals surface area contributed by atoms with E-state index in [0.29, 0.717) is 6.04 Å². The average molecular weight is 297 g/mol. The molecule has 0 atom stereocenters. The number of alkyl carbamates (subject to hydrolysis) is 1. The second-order valence-corrected chi connectivity index (χ2v) is 7.57. The maximum Gasteiger partial charge on any atom is 0.407 e. The van der Waals surface area contributed by atoms with Crippen molar-refractivity contribution in [1.29, 1.82) is 0 Å². The summed E-state index contributed by atoms with van der Waals surface area (Å²) in [7, 11) is 0. The lowest BCUT2D eigenvalue weighted by molar-refractivity contribution is 0.0486. The Kier molecular flexibility index (Phi) is 8.13. The molecule has 0 spiro atoms. The van der Waals surface area contributed by atoms with Crippen LogP contribution in [0.25, 0.3) is 0 Å². The Morgan fingerprint density at radius 2 is 1.67 bits per heavy atom. The van der Waals surface area contributed by atoms with Gasteiger partial charge in [-0.05, 0) is 52.4 Å². The highest BCUT2D eigenvalue weighted by molar-refractivity contribution is 5.68. The van der Waals surface area contributed by atoms with Crippen LogP contribution in [0.4, 0.5) is 4.79 Å². The maximum atomic E-state index is 11.7. The minimum atomic E-state index is -0.403. The van der Waals surface area contributed by atoms with Gasteiger partial charge in [-0.3, -0.25) is 0 Å². The van der Waals surface area contributed by atoms with Crippen molar-refractivity contribution < 1.29 is 9.53 Å². The molecular formula is C18H35NO2. The molecule has 3 heteroatoms. The first-order valence-electron chi connectivity index (χ1n) is 8.90. The molecule has 0 bridgehead atoms. The van der Waals surface area contributed by atoms with Gasteiger partial charge in [-0.15, -0.1) is 0 Å². The van der Waals surface area contributed by atoms with Crippen LogP contribution in [0, 0.1) is 5.92 Å². The van der Waals surface area contributed by atoms with E-state index in [-0.39, 0.29) is 6.09 Å². The van der Waals surface area contributed by atoms with Gasteiger partial charge in [0.25, 0.3) is 0 Å². The molecule has 0 aromatic heterocycles. The third kappa shape index (κ3) is 9.00. The molecule has 1 aliphatic rings. The highest BCUT2D eigenvalue weighted by Gasteiger charge is 2.24. The number of carbonyl (C=O) groups is 1. The Morgan fingerprint density at radius 3 is 2.24 bits per heavy atom. The standard InChI is InChI=1S/C18H35NO2/c1-5-6-7-8-9-10-15-11-13-16(14-12-15)19-17(20)21-18(2,3)4/h15-16H,5-14H2,1-4H3,(H,19,20). The lowest BCUT2D eigenvalue weighted by atomic mass is 9.83. The fourth-order valence-electron chi connectivity index (χ4n) is 3.11. The van der Waals surface area contributed by atoms with Gasteiger partial charge in [0.15, 0.2) is 0 Å². The molecule has 0 unspecified atom stereocenters. The van der Waals surface area contributed by atoms with Crippen LogP contribution in [0.1, 0.15) is 91.9 Å². The van der Waals surface area contributed by atoms with Crippen molar-refractivity contribution in [1.82, 2.24) is 5.32 Å². The first-order chi connectivity index (χ1) is 9.90. The number of amides is 1. The highest BCUT2D eigenvalue weighted by atomic mass is 16.6. The largest absolute Gasteiger partial charge is 0.444 e. The molecule has 1 N–H and O–H groups in total. The van der Waals surface area contributed by atoms with Gasteiger partial charge in [-0.2, -0.15) is 0 Å². The monoisotopic (exact) mass is 297 g/mol. The zero-order chi connectivity index (χ0) is 15.7. The van der Waals surface area contributed by atoms with Crippen LogP contribution in [-0.2, 0) is 4.74 Å². The molecule has 0 radical (unpaired) electrons. The summed E-state index contributed by atoms with van der Waals surface area (Å²) in [5.41, 5.74) is -0.403. The summed E-state index contributed by atoms with van der Waals surface area (Å²) < 4.78 is 5.32. The van der Waals surface area contributed by atoms with Crippen LogP contribution >= 0.6 is 0 Å². The quantitative estimate of drug-likeness (QED) is 0.636. The van der Waals surface area contributed by atoms with E-state index in [1.54, 1.807) is 0 Å². The molecule has 1 aliphatic carbocycles. The van der Waals surface area contributed by atoms with Gasteiger partial charge >= 0.3 is 6.09 Å². The van der Waals surface area contributed by atoms with E-state index < -0.39 is 5.60 Å². The zero-order valence-corrected chi connectivity index (χ0v) is 14.5. The Labute approximate surface area is 131 Å². The lowest BCUT2D eigenvalue weighted by Gasteiger charge is -2.30. The number of hydrogen-bond acceptors (Lipinski definition) is 2. The van der Waals surface area contributed by atoms with Crippen LogP contribution < -0.4 is 5.32 Å². The smallest absolute Gasteiger partial charge is 0.407 e. The highest BCUT2D eigenvalue weighted by Crippen LogP contribution is 2.28. The first kappa shape index (κ1) is 18.3. The van der Waals surface area contributed by atoms with E-state index in [9.17, 15) is 4.79 Å². The van der Waals surface area contributed by atoms with Crippen LogP contribution in [0.3, 0.4) is 0 Å². The molecule has 1 saturated carbocycles. The van der Waals surface area contributed by atoms with E-state index in [4.69, 9.17) is 4.74 Å². The summed E-state index contributed by atoms with van der Waals surface area (Å²) in [6.07, 6.45) is 12.7. The average Bonchev–Trinajstić information content (AvgIpc) is 2.38. The Bertz CT molecular complexity index is 288. The normalized spacial score (nSPS) is 22.9. The van der Waals surface area contributed by atoms with E-state index in [1.807, 2.05) is 20.8 Å². The molecule has 0 heterocycles. The van der Waals surface area contributed by atoms with Gasteiger partial charge in [-0.25, -0.2) is 4.79 Å². The van der Waals surface area contributed by atoms with Gasteiger partial charge in [-0.1, -0.05) is 45.4 Å². The van der Waals surface area contributed by atoms with Crippen molar-refractivity contribution in [3.63, 3.8) is 0 Å². The summed E-state index contributed by atoms with van der Waals surface area (Å²) in [4.78, 5) is 11.7. The van der Waals surface area contributed by atoms with E-state index in [1.165, 1.54) is 51.4 Å². The van der Waals surface area contributed by atoms with E-state index in [0.717, 1.165) is 18.8 Å². The Morgan fingerprint density at radius 1 is 1.05 bits per heavy atom. The summed E-state index contributed by atoms with van der Waals surface area (Å²) in [5.74, 6) is 0.878. The number of carbonyl (C=O) groups excluding carboxylic acids is 1. The van der Waals surface area contributed by atoms with Gasteiger partial charge in [0.2, 0.25) is 0 Å². The molecule has 0 saturated heterocycles. The minimum absolute atomic E-state index is 0.259. The van der Waals surface area contributed by atoms with Crippen molar-refractivity contribution in [3.05, 3.63) is 0 Å². The van der Waals surface area contributed by atoms with Gasteiger partial charge in [0.1, 0.15) is 5.60 Å². The summed E-state index contributed by atoms with van der Waals surface area (Å²) >= 11 is 0. The van der Waals surface area contributed by atoms with Crippen LogP contribution in [-0.4, -0.2) is 17.7 Å². The summed E-state index contributed by atoms with van der Waals surface area (Å²) in [5, 5.41) is 3.02. The molecule has 0 aromatic rings. The summed E-state index contributed by atoms with van der Waals surface area (Å²) in [6.45, 7) is 7.98. The first-order valence-corrected chi connectivity index (χ1v) is 8.90. The zero-order valence-electron chi connectivity index (χ0n) is 14.5. The number of hydrogen-bond donors (Lipinski definition) is 1. The predicted octanol–water partition coefficient (Wildman–Crippen LogP) is 5.43.